The summed E-state index contributed by atoms with van der Waals surface area (Å²) >= 11 is 1.88. The molecule has 57 heavy (non-hydrogen) atoms. The molecule has 0 bridgehead atoms. The number of aryl methyl sites for hydroxylation is 1. The van der Waals surface area contributed by atoms with Crippen molar-refractivity contribution < 1.29 is 0 Å². The summed E-state index contributed by atoms with van der Waals surface area (Å²) < 4.78 is 2.62. The molecule has 1 unspecified atom stereocenters. The second-order valence-corrected chi connectivity index (χ2v) is 16.3. The summed E-state index contributed by atoms with van der Waals surface area (Å²) in [5.41, 5.74) is 16.0. The minimum atomic E-state index is -0.640. The number of hydrogen-bond acceptors (Lipinski definition) is 4. The molecule has 2 aromatic heterocycles. The van der Waals surface area contributed by atoms with Crippen LogP contribution in [0.3, 0.4) is 0 Å². The van der Waals surface area contributed by atoms with Gasteiger partial charge in [-0.1, -0.05) is 157 Å². The molecule has 8 aromatic carbocycles. The summed E-state index contributed by atoms with van der Waals surface area (Å²) in [4.78, 5) is 15.5. The summed E-state index contributed by atoms with van der Waals surface area (Å²) in [6, 6.07) is 66.4. The van der Waals surface area contributed by atoms with Crippen LogP contribution < -0.4 is 0 Å². The highest BCUT2D eigenvalue weighted by Crippen LogP contribution is 2.62. The van der Waals surface area contributed by atoms with Gasteiger partial charge in [0.2, 0.25) is 0 Å². The van der Waals surface area contributed by atoms with Gasteiger partial charge in [-0.2, -0.15) is 0 Å². The molecule has 0 amide bonds. The van der Waals surface area contributed by atoms with Crippen LogP contribution in [0.5, 0.6) is 0 Å². The van der Waals surface area contributed by atoms with Crippen LogP contribution in [0, 0.1) is 6.92 Å². The molecule has 4 heteroatoms. The van der Waals surface area contributed by atoms with E-state index in [-0.39, 0.29) is 0 Å². The van der Waals surface area contributed by atoms with Gasteiger partial charge in [0.1, 0.15) is 0 Å². The molecule has 0 radical (unpaired) electrons. The normalized spacial score (nSPS) is 14.8. The van der Waals surface area contributed by atoms with Crippen LogP contribution in [0.15, 0.2) is 182 Å². The first-order valence-corrected chi connectivity index (χ1v) is 20.3. The van der Waals surface area contributed by atoms with E-state index < -0.39 is 5.41 Å². The Balaban J connectivity index is 1.21. The minimum Gasteiger partial charge on any atom is -0.208 e. The zero-order valence-electron chi connectivity index (χ0n) is 31.1. The Kier molecular flexibility index (Phi) is 6.93. The Labute approximate surface area is 334 Å². The molecule has 2 aliphatic rings. The largest absolute Gasteiger partial charge is 0.208 e. The Morgan fingerprint density at radius 2 is 0.895 bits per heavy atom. The minimum absolute atomic E-state index is 0.640. The lowest BCUT2D eigenvalue weighted by molar-refractivity contribution is 0.776. The van der Waals surface area contributed by atoms with E-state index in [1.807, 2.05) is 29.5 Å². The number of fused-ring (bicyclic) bond motifs is 15. The van der Waals surface area contributed by atoms with E-state index in [2.05, 4.69) is 171 Å². The van der Waals surface area contributed by atoms with Crippen molar-refractivity contribution in [3.8, 4) is 67.5 Å². The van der Waals surface area contributed by atoms with Gasteiger partial charge in [0.05, 0.1) is 5.41 Å². The van der Waals surface area contributed by atoms with Gasteiger partial charge >= 0.3 is 0 Å². The van der Waals surface area contributed by atoms with Crippen molar-refractivity contribution in [1.82, 2.24) is 15.0 Å². The maximum atomic E-state index is 5.25. The second-order valence-electron chi connectivity index (χ2n) is 15.2. The third-order valence-electron chi connectivity index (χ3n) is 12.0. The molecule has 1 atom stereocenters. The van der Waals surface area contributed by atoms with E-state index in [0.717, 1.165) is 22.3 Å². The number of benzene rings is 8. The summed E-state index contributed by atoms with van der Waals surface area (Å²) in [6.07, 6.45) is 0. The molecule has 10 aromatic rings. The smallest absolute Gasteiger partial charge is 0.164 e. The van der Waals surface area contributed by atoms with E-state index in [1.165, 1.54) is 75.8 Å². The molecule has 266 valence electrons. The van der Waals surface area contributed by atoms with Gasteiger partial charge in [0, 0.05) is 36.9 Å². The highest BCUT2D eigenvalue weighted by atomic mass is 32.1. The first-order chi connectivity index (χ1) is 28.1. The van der Waals surface area contributed by atoms with Crippen LogP contribution in [0.4, 0.5) is 0 Å². The Bertz CT molecular complexity index is 3270. The van der Waals surface area contributed by atoms with Gasteiger partial charge in [-0.05, 0) is 92.9 Å². The molecule has 1 spiro atoms. The van der Waals surface area contributed by atoms with Gasteiger partial charge in [0.25, 0.3) is 0 Å². The number of thiophene rings is 1. The summed E-state index contributed by atoms with van der Waals surface area (Å²) in [5, 5.41) is 2.60. The lowest BCUT2D eigenvalue weighted by Gasteiger charge is -2.35. The van der Waals surface area contributed by atoms with Crippen molar-refractivity contribution in [2.45, 2.75) is 12.3 Å². The fraction of sp³-hybridized carbons (Fsp3) is 0.0377. The predicted molar refractivity (Wildman–Crippen MR) is 235 cm³/mol. The molecule has 3 nitrogen and oxygen atoms in total. The topological polar surface area (TPSA) is 38.7 Å². The number of rotatable bonds is 3. The first kappa shape index (κ1) is 32.3. The zero-order valence-corrected chi connectivity index (χ0v) is 31.9. The highest BCUT2D eigenvalue weighted by Gasteiger charge is 2.50. The second kappa shape index (κ2) is 12.2. The third-order valence-corrected chi connectivity index (χ3v) is 13.1. The lowest BCUT2D eigenvalue weighted by atomic mass is 9.65. The van der Waals surface area contributed by atoms with E-state index in [0.29, 0.717) is 17.5 Å². The Morgan fingerprint density at radius 3 is 1.61 bits per heavy atom. The van der Waals surface area contributed by atoms with E-state index in [1.54, 1.807) is 0 Å². The van der Waals surface area contributed by atoms with E-state index in [9.17, 15) is 0 Å². The van der Waals surface area contributed by atoms with Crippen LogP contribution in [0.2, 0.25) is 0 Å². The highest BCUT2D eigenvalue weighted by molar-refractivity contribution is 7.25. The van der Waals surface area contributed by atoms with Crippen molar-refractivity contribution in [2.75, 3.05) is 0 Å². The van der Waals surface area contributed by atoms with Crippen molar-refractivity contribution in [3.05, 3.63) is 210 Å². The first-order valence-electron chi connectivity index (χ1n) is 19.4. The van der Waals surface area contributed by atoms with Crippen LogP contribution in [0.25, 0.3) is 87.7 Å². The van der Waals surface area contributed by atoms with Crippen molar-refractivity contribution in [2.24, 2.45) is 0 Å². The van der Waals surface area contributed by atoms with Gasteiger partial charge in [0.15, 0.2) is 17.5 Å². The fourth-order valence-electron chi connectivity index (χ4n) is 9.58. The fourth-order valence-corrected chi connectivity index (χ4v) is 10.7. The molecular weight excluding hydrogens is 711 g/mol. The summed E-state index contributed by atoms with van der Waals surface area (Å²) in [5.74, 6) is 1.96. The lowest BCUT2D eigenvalue weighted by Crippen LogP contribution is -2.29. The summed E-state index contributed by atoms with van der Waals surface area (Å²) in [7, 11) is 0. The van der Waals surface area contributed by atoms with Crippen LogP contribution in [-0.2, 0) is 5.41 Å². The predicted octanol–water partition coefficient (Wildman–Crippen LogP) is 13.6. The molecule has 0 saturated heterocycles. The van der Waals surface area contributed by atoms with Gasteiger partial charge in [-0.25, -0.2) is 15.0 Å². The van der Waals surface area contributed by atoms with E-state index in [4.69, 9.17) is 15.0 Å². The molecule has 2 aliphatic carbocycles. The number of aromatic nitrogens is 3. The van der Waals surface area contributed by atoms with Crippen LogP contribution in [-0.4, -0.2) is 15.0 Å². The third kappa shape index (κ3) is 4.68. The Hall–Kier alpha value is -7.01. The number of hydrogen-bond donors (Lipinski definition) is 0. The molecule has 2 heterocycles. The van der Waals surface area contributed by atoms with Crippen molar-refractivity contribution in [3.63, 3.8) is 0 Å². The SMILES string of the molecule is Cc1cccc(-c2nc(-c3ccccc3)nc(-c3ccc4c(c3)C3(c5ccccc5-c5ccccc5-4)c4ccccc4-c4cc5sc6ccccc6c5cc43)n2)c1. The van der Waals surface area contributed by atoms with Crippen molar-refractivity contribution >= 4 is 31.5 Å². The molecular formula is C53H33N3S. The van der Waals surface area contributed by atoms with Crippen LogP contribution in [0.1, 0.15) is 27.8 Å². The molecule has 0 fully saturated rings. The summed E-state index contributed by atoms with van der Waals surface area (Å²) in [6.45, 7) is 2.11. The standard InChI is InChI=1S/C53H33N3S/c1-32-14-13-17-34(28-32)51-54-50(33-15-3-2-4-16-33)55-52(56-51)35-26-27-40-37-19-6-5-18-36(37)38-20-7-10-23-44(38)53(46(40)29-35)45-24-11-8-21-39(45)42-31-49-43(30-47(42)53)41-22-9-12-25-48(41)57-49/h2-31H,1H3. The average molecular weight is 744 g/mol. The quantitative estimate of drug-likeness (QED) is 0.181. The molecule has 0 saturated carbocycles. The van der Waals surface area contributed by atoms with Gasteiger partial charge < -0.3 is 0 Å². The van der Waals surface area contributed by atoms with Crippen LogP contribution >= 0.6 is 11.3 Å². The Morgan fingerprint density at radius 1 is 0.351 bits per heavy atom. The van der Waals surface area contributed by atoms with Crippen molar-refractivity contribution in [1.29, 1.82) is 0 Å². The average Bonchev–Trinajstić information content (AvgIpc) is 3.75. The molecule has 12 rings (SSSR count). The maximum Gasteiger partial charge on any atom is 0.164 e. The molecule has 0 aliphatic heterocycles. The van der Waals surface area contributed by atoms with Gasteiger partial charge in [-0.3, -0.25) is 0 Å². The van der Waals surface area contributed by atoms with E-state index >= 15 is 0 Å². The number of nitrogens with zero attached hydrogens (tertiary/aromatic N) is 3. The molecule has 0 N–H and O–H groups in total. The monoisotopic (exact) mass is 743 g/mol. The zero-order chi connectivity index (χ0) is 37.7. The van der Waals surface area contributed by atoms with Gasteiger partial charge in [-0.15, -0.1) is 11.3 Å². The maximum absolute atomic E-state index is 5.25.